The van der Waals surface area contributed by atoms with E-state index in [2.05, 4.69) is 386 Å². The quantitative estimate of drug-likeness (QED) is 0.114. The molecule has 17 aromatic carbocycles. The van der Waals surface area contributed by atoms with Gasteiger partial charge in [0.15, 0.2) is 0 Å². The molecular formula is C94H62N4S2. The van der Waals surface area contributed by atoms with Gasteiger partial charge in [0.05, 0.1) is 20.4 Å². The van der Waals surface area contributed by atoms with Crippen molar-refractivity contribution in [3.8, 4) is 65.6 Å². The molecule has 0 aliphatic heterocycles. The number of fused-ring (bicyclic) bond motifs is 11. The number of thiazole rings is 2. The predicted molar refractivity (Wildman–Crippen MR) is 429 cm³/mol. The first-order valence-electron chi connectivity index (χ1n) is 33.8. The minimum absolute atomic E-state index is 1.06. The third-order valence-corrected chi connectivity index (χ3v) is 21.3. The molecule has 0 fully saturated rings. The lowest BCUT2D eigenvalue weighted by atomic mass is 9.96. The van der Waals surface area contributed by atoms with Gasteiger partial charge in [0.1, 0.15) is 10.0 Å². The molecule has 0 saturated carbocycles. The Kier molecular flexibility index (Phi) is 15.6. The largest absolute Gasteiger partial charge is 0.310 e. The van der Waals surface area contributed by atoms with Crippen LogP contribution in [0.5, 0.6) is 0 Å². The topological polar surface area (TPSA) is 32.3 Å². The number of para-hydroxylation sites is 1. The van der Waals surface area contributed by atoms with Crippen molar-refractivity contribution in [3.63, 3.8) is 0 Å². The minimum Gasteiger partial charge on any atom is -0.310 e. The fraction of sp³-hybridized carbons (Fsp3) is 0. The number of rotatable bonds is 12. The third-order valence-electron chi connectivity index (χ3n) is 19.1. The van der Waals surface area contributed by atoms with Crippen molar-refractivity contribution in [1.82, 2.24) is 9.97 Å². The van der Waals surface area contributed by atoms with Crippen molar-refractivity contribution in [2.24, 2.45) is 0 Å². The van der Waals surface area contributed by atoms with Crippen molar-refractivity contribution < 1.29 is 0 Å². The maximum Gasteiger partial charge on any atom is 0.124 e. The lowest BCUT2D eigenvalue weighted by molar-refractivity contribution is 1.28. The van der Waals surface area contributed by atoms with E-state index in [0.29, 0.717) is 0 Å². The van der Waals surface area contributed by atoms with Crippen LogP contribution >= 0.6 is 22.7 Å². The van der Waals surface area contributed by atoms with Crippen LogP contribution in [0.1, 0.15) is 0 Å². The van der Waals surface area contributed by atoms with Crippen LogP contribution in [0.2, 0.25) is 0 Å². The van der Waals surface area contributed by atoms with Gasteiger partial charge in [-0.15, -0.1) is 22.7 Å². The van der Waals surface area contributed by atoms with Gasteiger partial charge in [0, 0.05) is 56.0 Å². The molecule has 0 saturated heterocycles. The van der Waals surface area contributed by atoms with Crippen molar-refractivity contribution >= 4 is 131 Å². The maximum absolute atomic E-state index is 5.17. The van der Waals surface area contributed by atoms with Crippen LogP contribution in [0, 0.1) is 0 Å². The van der Waals surface area contributed by atoms with Crippen LogP contribution in [-0.4, -0.2) is 9.97 Å². The Labute approximate surface area is 588 Å². The average molecular weight is 1310 g/mol. The first-order valence-corrected chi connectivity index (χ1v) is 35.5. The van der Waals surface area contributed by atoms with Crippen LogP contribution in [0.25, 0.3) is 140 Å². The highest BCUT2D eigenvalue weighted by Gasteiger charge is 2.19. The Hall–Kier alpha value is -12.6. The molecule has 0 spiro atoms. The summed E-state index contributed by atoms with van der Waals surface area (Å²) in [5, 5.41) is 14.4. The Morgan fingerprint density at radius 1 is 0.190 bits per heavy atom. The zero-order valence-corrected chi connectivity index (χ0v) is 56.0. The van der Waals surface area contributed by atoms with E-state index in [1.807, 2.05) is 0 Å². The lowest BCUT2D eigenvalue weighted by Crippen LogP contribution is -2.10. The first-order chi connectivity index (χ1) is 49.5. The number of anilines is 6. The smallest absolute Gasteiger partial charge is 0.124 e. The summed E-state index contributed by atoms with van der Waals surface area (Å²) in [5.41, 5.74) is 20.7. The SMILES string of the molecule is c1ccc(-c2ccc(N(c3ccc(-c4ccc5c(ccc6ccc7sc(-c8ccccc8)nc7c65)c4)cc3)c3cccc(-c4ccccc4)c3)cc2)cc1.c1ccc(-c2nc3c(ccc4ccc5cc(-c6ccc(N(c7ccccc7)c7ccc8ccccc8c7)cc6)ccc5c43)s2)cc1. The molecule has 0 atom stereocenters. The van der Waals surface area contributed by atoms with E-state index < -0.39 is 0 Å². The van der Waals surface area contributed by atoms with Gasteiger partial charge in [-0.2, -0.15) is 0 Å². The molecule has 0 aliphatic carbocycles. The number of hydrogen-bond acceptors (Lipinski definition) is 6. The number of hydrogen-bond donors (Lipinski definition) is 0. The van der Waals surface area contributed by atoms with Crippen molar-refractivity contribution in [3.05, 3.63) is 376 Å². The molecule has 0 unspecified atom stereocenters. The summed E-state index contributed by atoms with van der Waals surface area (Å²) in [6.45, 7) is 0. The van der Waals surface area contributed by atoms with Gasteiger partial charge in [0.2, 0.25) is 0 Å². The van der Waals surface area contributed by atoms with Crippen molar-refractivity contribution in [2.45, 2.75) is 0 Å². The second-order valence-electron chi connectivity index (χ2n) is 25.3. The summed E-state index contributed by atoms with van der Waals surface area (Å²) >= 11 is 3.52. The fourth-order valence-electron chi connectivity index (χ4n) is 14.1. The summed E-state index contributed by atoms with van der Waals surface area (Å²) in [6.07, 6.45) is 0. The van der Waals surface area contributed by atoms with E-state index in [0.717, 1.165) is 66.3 Å². The second-order valence-corrected chi connectivity index (χ2v) is 27.3. The summed E-state index contributed by atoms with van der Waals surface area (Å²) in [6, 6.07) is 135. The number of benzene rings is 17. The van der Waals surface area contributed by atoms with Gasteiger partial charge in [-0.1, -0.05) is 279 Å². The van der Waals surface area contributed by atoms with Crippen LogP contribution in [0.4, 0.5) is 34.1 Å². The number of nitrogens with zero attached hydrogens (tertiary/aromatic N) is 4. The van der Waals surface area contributed by atoms with Crippen LogP contribution in [0.15, 0.2) is 376 Å². The fourth-order valence-corrected chi connectivity index (χ4v) is 16.1. The van der Waals surface area contributed by atoms with E-state index in [9.17, 15) is 0 Å². The molecule has 19 rings (SSSR count). The molecule has 2 heterocycles. The molecule has 0 N–H and O–H groups in total. The minimum atomic E-state index is 1.06. The molecule has 0 aliphatic rings. The van der Waals surface area contributed by atoms with Crippen molar-refractivity contribution in [1.29, 1.82) is 0 Å². The molecule has 100 heavy (non-hydrogen) atoms. The molecule has 0 radical (unpaired) electrons. The monoisotopic (exact) mass is 1310 g/mol. The van der Waals surface area contributed by atoms with E-state index >= 15 is 0 Å². The zero-order valence-electron chi connectivity index (χ0n) is 54.4. The summed E-state index contributed by atoms with van der Waals surface area (Å²) in [7, 11) is 0. The summed E-state index contributed by atoms with van der Waals surface area (Å²) in [5.74, 6) is 0. The Morgan fingerprint density at radius 2 is 0.500 bits per heavy atom. The van der Waals surface area contributed by atoms with E-state index in [-0.39, 0.29) is 0 Å². The normalized spacial score (nSPS) is 11.4. The van der Waals surface area contributed by atoms with Crippen LogP contribution in [-0.2, 0) is 0 Å². The highest BCUT2D eigenvalue weighted by Crippen LogP contribution is 2.44. The third kappa shape index (κ3) is 11.6. The predicted octanol–water partition coefficient (Wildman–Crippen LogP) is 27.3. The van der Waals surface area contributed by atoms with E-state index in [4.69, 9.17) is 9.97 Å². The van der Waals surface area contributed by atoms with Crippen LogP contribution < -0.4 is 9.80 Å². The molecule has 0 amide bonds. The number of aromatic nitrogens is 2. The highest BCUT2D eigenvalue weighted by atomic mass is 32.1. The van der Waals surface area contributed by atoms with E-state index in [1.165, 1.54) is 108 Å². The van der Waals surface area contributed by atoms with Crippen LogP contribution in [0.3, 0.4) is 0 Å². The van der Waals surface area contributed by atoms with E-state index in [1.54, 1.807) is 22.7 Å². The van der Waals surface area contributed by atoms with Gasteiger partial charge in [-0.25, -0.2) is 9.97 Å². The average Bonchev–Trinajstić information content (AvgIpc) is 1.65. The molecule has 6 heteroatoms. The zero-order chi connectivity index (χ0) is 66.3. The molecule has 19 aromatic rings. The van der Waals surface area contributed by atoms with Gasteiger partial charge in [0.25, 0.3) is 0 Å². The lowest BCUT2D eigenvalue weighted by Gasteiger charge is -2.26. The Bertz CT molecular complexity index is 6180. The first kappa shape index (κ1) is 59.9. The standard InChI is InChI=1S/C51H34N2S.C43H28N2S/c1-4-11-35(12-5-1)37-21-27-44(28-22-37)53(46-18-10-17-41(34-46)36-13-6-2-7-14-36)45-29-23-38(24-30-45)42-25-31-47-43(33-42)20-19-39-26-32-48-50(49(39)47)52-51(54-48)40-15-8-3-9-16-40;1-3-10-32(11-4-1)43-44-42-40(46-43)26-21-31-15-16-35-27-34(20-25-39(35)41(31)42)30-17-22-37(23-18-30)45(36-13-5-2-6-14-36)38-24-19-29-9-7-8-12-33(29)28-38/h1-34H;1-28H. The van der Waals surface area contributed by atoms with Gasteiger partial charge in [-0.3, -0.25) is 0 Å². The molecule has 4 nitrogen and oxygen atoms in total. The summed E-state index contributed by atoms with van der Waals surface area (Å²) in [4.78, 5) is 15.0. The second kappa shape index (κ2) is 26.1. The van der Waals surface area contributed by atoms with Gasteiger partial charge in [-0.05, 0) is 185 Å². The maximum atomic E-state index is 5.17. The van der Waals surface area contributed by atoms with Gasteiger partial charge >= 0.3 is 0 Å². The van der Waals surface area contributed by atoms with Crippen molar-refractivity contribution in [2.75, 3.05) is 9.80 Å². The molecule has 0 bridgehead atoms. The molecule has 470 valence electrons. The Balaban J connectivity index is 0.000000146. The highest BCUT2D eigenvalue weighted by molar-refractivity contribution is 7.22. The van der Waals surface area contributed by atoms with Gasteiger partial charge < -0.3 is 9.80 Å². The summed E-state index contributed by atoms with van der Waals surface area (Å²) < 4.78 is 2.43. The molecular weight excluding hydrogens is 1250 g/mol. The Morgan fingerprint density at radius 3 is 0.980 bits per heavy atom. The molecule has 2 aromatic heterocycles.